The van der Waals surface area contributed by atoms with Gasteiger partial charge in [0.25, 0.3) is 21.6 Å². The highest BCUT2D eigenvalue weighted by atomic mass is 35.5. The number of allylic oxidation sites excluding steroid dienone is 1. The maximum absolute atomic E-state index is 13.9. The van der Waals surface area contributed by atoms with Gasteiger partial charge in [-0.2, -0.15) is 0 Å². The van der Waals surface area contributed by atoms with E-state index in [0.29, 0.717) is 74.0 Å². The van der Waals surface area contributed by atoms with Gasteiger partial charge in [-0.1, -0.05) is 49.2 Å². The lowest BCUT2D eigenvalue weighted by atomic mass is 9.72. The average molecular weight is 930 g/mol. The van der Waals surface area contributed by atoms with Crippen LogP contribution in [-0.4, -0.2) is 107 Å². The number of sulfonamides is 1. The van der Waals surface area contributed by atoms with Crippen LogP contribution in [-0.2, 0) is 26.2 Å². The first-order valence-corrected chi connectivity index (χ1v) is 25.3. The molecule has 2 fully saturated rings. The SMILES string of the molecule is CC1(C)CCC(CN2CCN(c3ccc(C(=O)NS(=O)(=O)c4ccc(CCCN5CCS(=N)(=O)CC5)c([N+](=O)[O-])c4)c(Oc4cnc5[nH]ccc5c4)c3)CC2)=C(c2ccc(Cl)cc2)C1. The fourth-order valence-corrected chi connectivity index (χ4v) is 11.2. The molecule has 8 rings (SSSR count). The number of hydrogen-bond acceptors (Lipinski definition) is 12. The van der Waals surface area contributed by atoms with Crippen molar-refractivity contribution in [2.45, 2.75) is 50.8 Å². The number of pyridine rings is 1. The van der Waals surface area contributed by atoms with Crippen molar-refractivity contribution in [3.05, 3.63) is 123 Å². The fraction of sp³-hybridized carbons (Fsp3) is 0.391. The summed E-state index contributed by atoms with van der Waals surface area (Å²) in [6.45, 7) is 10.2. The first kappa shape index (κ1) is 45.2. The van der Waals surface area contributed by atoms with E-state index in [1.54, 1.807) is 24.4 Å². The number of hydrogen-bond donors (Lipinski definition) is 3. The summed E-state index contributed by atoms with van der Waals surface area (Å²) >= 11 is 6.24. The van der Waals surface area contributed by atoms with E-state index in [1.165, 1.54) is 41.1 Å². The first-order valence-electron chi connectivity index (χ1n) is 21.5. The molecule has 1 amide bonds. The summed E-state index contributed by atoms with van der Waals surface area (Å²) in [5, 5.41) is 13.7. The number of ether oxygens (including phenoxy) is 1. The number of halogens is 1. The quantitative estimate of drug-likeness (QED) is 0.0719. The molecule has 0 bridgehead atoms. The summed E-state index contributed by atoms with van der Waals surface area (Å²) in [5.74, 6) is 0.0909. The van der Waals surface area contributed by atoms with Gasteiger partial charge in [-0.05, 0) is 97.7 Å². The summed E-state index contributed by atoms with van der Waals surface area (Å²) in [5.41, 5.74) is 5.70. The number of amides is 1. The molecule has 2 aliphatic heterocycles. The predicted molar refractivity (Wildman–Crippen MR) is 250 cm³/mol. The fourth-order valence-electron chi connectivity index (χ4n) is 8.79. The number of nitrogens with one attached hydrogen (secondary N) is 3. The maximum atomic E-state index is 13.9. The summed E-state index contributed by atoms with van der Waals surface area (Å²) in [7, 11) is -7.11. The van der Waals surface area contributed by atoms with Crippen LogP contribution in [0.5, 0.6) is 11.5 Å². The van der Waals surface area contributed by atoms with E-state index in [2.05, 4.69) is 55.4 Å². The van der Waals surface area contributed by atoms with E-state index in [1.807, 2.05) is 18.2 Å². The number of H-pyrrole nitrogens is 1. The van der Waals surface area contributed by atoms with E-state index in [0.717, 1.165) is 61.1 Å². The van der Waals surface area contributed by atoms with E-state index in [4.69, 9.17) is 21.1 Å². The topological polar surface area (TPSA) is 195 Å². The lowest BCUT2D eigenvalue weighted by molar-refractivity contribution is -0.385. The Balaban J connectivity index is 0.982. The normalized spacial score (nSPS) is 18.3. The van der Waals surface area contributed by atoms with Crippen LogP contribution in [0.15, 0.2) is 95.7 Å². The lowest BCUT2D eigenvalue weighted by Crippen LogP contribution is -2.47. The number of aryl methyl sites for hydroxylation is 1. The van der Waals surface area contributed by atoms with Crippen molar-refractivity contribution in [3.63, 3.8) is 0 Å². The molecule has 2 saturated heterocycles. The van der Waals surface area contributed by atoms with Crippen molar-refractivity contribution in [2.75, 3.05) is 68.8 Å². The standard InChI is InChI=1S/C46H53ClN8O7S2/c1-46(2)15-13-35(41(29-46)32-5-8-36(47)9-6-32)31-53-18-20-54(21-19-53)37-10-12-40(43(27-37)62-38-26-34-14-16-49-44(34)50-30-38)45(56)51-64(60,61)39-11-7-33(42(28-39)55(57)58)4-3-17-52-22-24-63(48,59)25-23-52/h5-12,14,16,26-28,30,48H,3-4,13,15,17-25,29,31H2,1-2H3,(H,49,50)(H,51,56). The predicted octanol–water partition coefficient (Wildman–Crippen LogP) is 8.12. The van der Waals surface area contributed by atoms with Crippen molar-refractivity contribution >= 4 is 65.2 Å². The monoisotopic (exact) mass is 928 g/mol. The molecule has 3 N–H and O–H groups in total. The van der Waals surface area contributed by atoms with Crippen LogP contribution in [0.4, 0.5) is 11.4 Å². The van der Waals surface area contributed by atoms with Crippen LogP contribution in [0.3, 0.4) is 0 Å². The Morgan fingerprint density at radius 3 is 2.48 bits per heavy atom. The second-order valence-corrected chi connectivity index (χ2v) is 22.3. The van der Waals surface area contributed by atoms with E-state index < -0.39 is 35.5 Å². The van der Waals surface area contributed by atoms with Crippen molar-refractivity contribution in [2.24, 2.45) is 5.41 Å². The molecule has 0 atom stereocenters. The Morgan fingerprint density at radius 1 is 1.00 bits per heavy atom. The van der Waals surface area contributed by atoms with E-state index in [-0.39, 0.29) is 22.4 Å². The second-order valence-electron chi connectivity index (χ2n) is 17.7. The van der Waals surface area contributed by atoms with Crippen LogP contribution in [0.25, 0.3) is 16.6 Å². The highest BCUT2D eigenvalue weighted by Crippen LogP contribution is 2.43. The number of aromatic nitrogens is 2. The van der Waals surface area contributed by atoms with Crippen LogP contribution in [0.2, 0.25) is 5.02 Å². The molecule has 5 aromatic rings. The molecule has 338 valence electrons. The Kier molecular flexibility index (Phi) is 13.2. The molecule has 0 spiro atoms. The summed E-state index contributed by atoms with van der Waals surface area (Å²) < 4.78 is 55.7. The molecule has 2 aromatic heterocycles. The minimum Gasteiger partial charge on any atom is -0.455 e. The summed E-state index contributed by atoms with van der Waals surface area (Å²) in [6, 6.07) is 20.4. The van der Waals surface area contributed by atoms with Gasteiger partial charge < -0.3 is 19.5 Å². The lowest BCUT2D eigenvalue weighted by Gasteiger charge is -2.39. The molecule has 3 aliphatic rings. The van der Waals surface area contributed by atoms with E-state index in [9.17, 15) is 27.5 Å². The molecule has 18 heteroatoms. The van der Waals surface area contributed by atoms with Crippen molar-refractivity contribution in [1.82, 2.24) is 24.5 Å². The van der Waals surface area contributed by atoms with Crippen molar-refractivity contribution in [1.29, 1.82) is 4.78 Å². The number of nitro groups is 1. The van der Waals surface area contributed by atoms with Crippen LogP contribution < -0.4 is 14.4 Å². The van der Waals surface area contributed by atoms with Crippen LogP contribution >= 0.6 is 11.6 Å². The first-order chi connectivity index (χ1) is 30.5. The number of fused-ring (bicyclic) bond motifs is 1. The minimum absolute atomic E-state index is 0.0490. The molecular formula is C46H53ClN8O7S2. The van der Waals surface area contributed by atoms with Crippen molar-refractivity contribution < 1.29 is 27.1 Å². The maximum Gasteiger partial charge on any atom is 0.273 e. The number of piperazine rings is 1. The Hall–Kier alpha value is -5.33. The van der Waals surface area contributed by atoms with Gasteiger partial charge in [0.1, 0.15) is 17.1 Å². The van der Waals surface area contributed by atoms with Gasteiger partial charge in [0.05, 0.1) is 21.6 Å². The number of nitro benzene ring substituents is 1. The van der Waals surface area contributed by atoms with Gasteiger partial charge in [-0.25, -0.2) is 22.3 Å². The third kappa shape index (κ3) is 10.8. The zero-order chi connectivity index (χ0) is 45.2. The number of benzene rings is 3. The van der Waals surface area contributed by atoms with Gasteiger partial charge in [0.2, 0.25) is 0 Å². The van der Waals surface area contributed by atoms with Gasteiger partial charge in [-0.15, -0.1) is 0 Å². The number of anilines is 1. The second kappa shape index (κ2) is 18.6. The number of aromatic amines is 1. The molecule has 1 aliphatic carbocycles. The molecule has 15 nitrogen and oxygen atoms in total. The number of rotatable bonds is 14. The third-order valence-electron chi connectivity index (χ3n) is 12.5. The smallest absolute Gasteiger partial charge is 0.273 e. The molecule has 4 heterocycles. The zero-order valence-electron chi connectivity index (χ0n) is 36.0. The molecule has 0 saturated carbocycles. The third-order valence-corrected chi connectivity index (χ3v) is 15.8. The molecular weight excluding hydrogens is 876 g/mol. The Morgan fingerprint density at radius 2 is 1.75 bits per heavy atom. The van der Waals surface area contributed by atoms with Crippen LogP contribution in [0.1, 0.15) is 61.0 Å². The average Bonchev–Trinajstić information content (AvgIpc) is 3.73. The number of carbonyl (C=O) groups is 1. The summed E-state index contributed by atoms with van der Waals surface area (Å²) in [4.78, 5) is 39.3. The molecule has 3 aromatic carbocycles. The largest absolute Gasteiger partial charge is 0.455 e. The molecule has 0 unspecified atom stereocenters. The number of carbonyl (C=O) groups excluding carboxylic acids is 1. The Labute approximate surface area is 379 Å². The van der Waals surface area contributed by atoms with Crippen molar-refractivity contribution in [3.8, 4) is 11.5 Å². The van der Waals surface area contributed by atoms with Gasteiger partial charge in [-0.3, -0.25) is 24.6 Å². The van der Waals surface area contributed by atoms with E-state index >= 15 is 0 Å². The highest BCUT2D eigenvalue weighted by molar-refractivity contribution is 7.92. The summed E-state index contributed by atoms with van der Waals surface area (Å²) in [6.07, 6.45) is 7.30. The van der Waals surface area contributed by atoms with Gasteiger partial charge in [0.15, 0.2) is 0 Å². The van der Waals surface area contributed by atoms with Crippen LogP contribution in [0, 0.1) is 20.3 Å². The Bertz CT molecular complexity index is 2810. The van der Waals surface area contributed by atoms with Gasteiger partial charge in [0, 0.05) is 107 Å². The van der Waals surface area contributed by atoms with Gasteiger partial charge >= 0.3 is 0 Å². The molecule has 0 radical (unpaired) electrons. The molecule has 64 heavy (non-hydrogen) atoms. The minimum atomic E-state index is -4.57. The number of nitrogens with zero attached hydrogens (tertiary/aromatic N) is 5. The highest BCUT2D eigenvalue weighted by Gasteiger charge is 2.31. The zero-order valence-corrected chi connectivity index (χ0v) is 38.4.